The summed E-state index contributed by atoms with van der Waals surface area (Å²) in [6.07, 6.45) is 8.97. The van der Waals surface area contributed by atoms with Crippen molar-refractivity contribution in [2.75, 3.05) is 23.3 Å². The lowest BCUT2D eigenvalue weighted by molar-refractivity contribution is -0.115. The first-order chi connectivity index (χ1) is 13.8. The Hall–Kier alpha value is -3.08. The Morgan fingerprint density at radius 3 is 2.43 bits per heavy atom. The number of anilines is 2. The molecule has 3 aromatic rings. The molecule has 1 aliphatic rings. The molecule has 1 aromatic heterocycles. The van der Waals surface area contributed by atoms with Gasteiger partial charge in [0, 0.05) is 19.3 Å². The van der Waals surface area contributed by atoms with Crippen molar-refractivity contribution in [2.24, 2.45) is 0 Å². The van der Waals surface area contributed by atoms with E-state index in [4.69, 9.17) is 0 Å². The maximum absolute atomic E-state index is 12.7. The molecule has 1 fully saturated rings. The number of rotatable bonds is 5. The molecular formula is C23H26N4O. The highest BCUT2D eigenvalue weighted by atomic mass is 16.1. The lowest BCUT2D eigenvalue weighted by Gasteiger charge is -2.25. The van der Waals surface area contributed by atoms with Gasteiger partial charge in [0.25, 0.3) is 0 Å². The Labute approximate surface area is 166 Å². The molecule has 1 saturated heterocycles. The normalized spacial score (nSPS) is 14.5. The van der Waals surface area contributed by atoms with Crippen molar-refractivity contribution in [3.05, 3.63) is 72.6 Å². The van der Waals surface area contributed by atoms with E-state index in [1.54, 1.807) is 10.9 Å². The van der Waals surface area contributed by atoms with Gasteiger partial charge < -0.3 is 10.2 Å². The molecule has 2 aromatic carbocycles. The SMILES string of the molecule is O=C(Cc1cnn(-c2ccccc2)c1)Nc1ccccc1N1CCCCCC1. The molecule has 1 amide bonds. The highest BCUT2D eigenvalue weighted by Gasteiger charge is 2.15. The number of nitrogens with zero attached hydrogens (tertiary/aromatic N) is 3. The molecule has 0 bridgehead atoms. The van der Waals surface area contributed by atoms with Gasteiger partial charge in [0.1, 0.15) is 0 Å². The van der Waals surface area contributed by atoms with Gasteiger partial charge in [-0.3, -0.25) is 4.79 Å². The van der Waals surface area contributed by atoms with Crippen LogP contribution >= 0.6 is 0 Å². The van der Waals surface area contributed by atoms with Gasteiger partial charge in [-0.1, -0.05) is 43.2 Å². The maximum Gasteiger partial charge on any atom is 0.228 e. The van der Waals surface area contributed by atoms with E-state index in [0.29, 0.717) is 6.42 Å². The van der Waals surface area contributed by atoms with Crippen molar-refractivity contribution < 1.29 is 4.79 Å². The quantitative estimate of drug-likeness (QED) is 0.719. The standard InChI is InChI=1S/C23H26N4O/c28-23(16-19-17-24-27(18-19)20-10-4-3-5-11-20)25-21-12-6-7-13-22(21)26-14-8-1-2-9-15-26/h3-7,10-13,17-18H,1-2,8-9,14-16H2,(H,25,28). The average molecular weight is 374 g/mol. The molecule has 0 unspecified atom stereocenters. The molecule has 0 aliphatic carbocycles. The van der Waals surface area contributed by atoms with Crippen LogP contribution in [0.1, 0.15) is 31.2 Å². The minimum Gasteiger partial charge on any atom is -0.370 e. The van der Waals surface area contributed by atoms with Gasteiger partial charge >= 0.3 is 0 Å². The van der Waals surface area contributed by atoms with Crippen molar-refractivity contribution >= 4 is 17.3 Å². The lowest BCUT2D eigenvalue weighted by Crippen LogP contribution is -2.26. The number of benzene rings is 2. The van der Waals surface area contributed by atoms with Crippen molar-refractivity contribution in [1.29, 1.82) is 0 Å². The number of amides is 1. The van der Waals surface area contributed by atoms with Crippen LogP contribution in [0.5, 0.6) is 0 Å². The van der Waals surface area contributed by atoms with Gasteiger partial charge in [0.2, 0.25) is 5.91 Å². The van der Waals surface area contributed by atoms with Crippen LogP contribution in [-0.4, -0.2) is 28.8 Å². The highest BCUT2D eigenvalue weighted by molar-refractivity contribution is 5.95. The largest absolute Gasteiger partial charge is 0.370 e. The molecule has 5 heteroatoms. The van der Waals surface area contributed by atoms with E-state index in [-0.39, 0.29) is 5.91 Å². The van der Waals surface area contributed by atoms with E-state index in [1.165, 1.54) is 25.7 Å². The Morgan fingerprint density at radius 2 is 1.64 bits per heavy atom. The summed E-state index contributed by atoms with van der Waals surface area (Å²) in [5.74, 6) is -0.0186. The molecule has 0 saturated carbocycles. The third-order valence-electron chi connectivity index (χ3n) is 5.15. The van der Waals surface area contributed by atoms with Gasteiger partial charge in [-0.15, -0.1) is 0 Å². The molecule has 1 aliphatic heterocycles. The molecule has 0 spiro atoms. The molecule has 1 N–H and O–H groups in total. The molecule has 4 rings (SSSR count). The van der Waals surface area contributed by atoms with Crippen LogP contribution in [-0.2, 0) is 11.2 Å². The van der Waals surface area contributed by atoms with Gasteiger partial charge in [0.15, 0.2) is 0 Å². The van der Waals surface area contributed by atoms with E-state index in [2.05, 4.69) is 21.4 Å². The first kappa shape index (κ1) is 18.3. The van der Waals surface area contributed by atoms with Crippen molar-refractivity contribution in [3.8, 4) is 5.69 Å². The van der Waals surface area contributed by atoms with Crippen LogP contribution in [0, 0.1) is 0 Å². The summed E-state index contributed by atoms with van der Waals surface area (Å²) in [5, 5.41) is 7.48. The summed E-state index contributed by atoms with van der Waals surface area (Å²) >= 11 is 0. The van der Waals surface area contributed by atoms with Crippen LogP contribution in [0.25, 0.3) is 5.69 Å². The van der Waals surface area contributed by atoms with Crippen LogP contribution in [0.15, 0.2) is 67.0 Å². The van der Waals surface area contributed by atoms with Gasteiger partial charge in [-0.05, 0) is 42.7 Å². The first-order valence-electron chi connectivity index (χ1n) is 10.0. The average Bonchev–Trinajstić information content (AvgIpc) is 3.01. The molecule has 5 nitrogen and oxygen atoms in total. The second kappa shape index (κ2) is 8.74. The number of carbonyl (C=O) groups is 1. The lowest BCUT2D eigenvalue weighted by atomic mass is 10.2. The van der Waals surface area contributed by atoms with E-state index in [0.717, 1.165) is 35.7 Å². The second-order valence-corrected chi connectivity index (χ2v) is 7.27. The molecule has 2 heterocycles. The van der Waals surface area contributed by atoms with Gasteiger partial charge in [-0.25, -0.2) is 4.68 Å². The fourth-order valence-corrected chi connectivity index (χ4v) is 3.72. The minimum atomic E-state index is -0.0186. The molecule has 0 radical (unpaired) electrons. The van der Waals surface area contributed by atoms with Crippen molar-refractivity contribution in [3.63, 3.8) is 0 Å². The summed E-state index contributed by atoms with van der Waals surface area (Å²) in [4.78, 5) is 15.1. The topological polar surface area (TPSA) is 50.2 Å². The molecular weight excluding hydrogens is 348 g/mol. The number of hydrogen-bond acceptors (Lipinski definition) is 3. The number of nitrogens with one attached hydrogen (secondary N) is 1. The highest BCUT2D eigenvalue weighted by Crippen LogP contribution is 2.28. The molecule has 0 atom stereocenters. The third kappa shape index (κ3) is 4.42. The summed E-state index contributed by atoms with van der Waals surface area (Å²) in [6.45, 7) is 2.10. The van der Waals surface area contributed by atoms with Gasteiger partial charge in [-0.2, -0.15) is 5.10 Å². The fraction of sp³-hybridized carbons (Fsp3) is 0.304. The Kier molecular flexibility index (Phi) is 5.71. The maximum atomic E-state index is 12.7. The smallest absolute Gasteiger partial charge is 0.228 e. The fourth-order valence-electron chi connectivity index (χ4n) is 3.72. The molecule has 28 heavy (non-hydrogen) atoms. The Morgan fingerprint density at radius 1 is 0.929 bits per heavy atom. The number of hydrogen-bond donors (Lipinski definition) is 1. The minimum absolute atomic E-state index is 0.0186. The zero-order chi connectivity index (χ0) is 19.2. The van der Waals surface area contributed by atoms with E-state index >= 15 is 0 Å². The predicted molar refractivity (Wildman–Crippen MR) is 113 cm³/mol. The van der Waals surface area contributed by atoms with Crippen LogP contribution < -0.4 is 10.2 Å². The first-order valence-corrected chi connectivity index (χ1v) is 10.0. The summed E-state index contributed by atoms with van der Waals surface area (Å²) in [7, 11) is 0. The van der Waals surface area contributed by atoms with Crippen molar-refractivity contribution in [2.45, 2.75) is 32.1 Å². The van der Waals surface area contributed by atoms with Gasteiger partial charge in [0.05, 0.1) is 29.7 Å². The van der Waals surface area contributed by atoms with E-state index in [9.17, 15) is 4.79 Å². The van der Waals surface area contributed by atoms with Crippen LogP contribution in [0.2, 0.25) is 0 Å². The van der Waals surface area contributed by atoms with Crippen LogP contribution in [0.3, 0.4) is 0 Å². The number of aromatic nitrogens is 2. The Balaban J connectivity index is 1.44. The second-order valence-electron chi connectivity index (χ2n) is 7.27. The third-order valence-corrected chi connectivity index (χ3v) is 5.15. The Bertz CT molecular complexity index is 911. The van der Waals surface area contributed by atoms with E-state index in [1.807, 2.05) is 54.7 Å². The van der Waals surface area contributed by atoms with Crippen LogP contribution in [0.4, 0.5) is 11.4 Å². The van der Waals surface area contributed by atoms with Crippen molar-refractivity contribution in [1.82, 2.24) is 9.78 Å². The monoisotopic (exact) mass is 374 g/mol. The zero-order valence-corrected chi connectivity index (χ0v) is 16.1. The zero-order valence-electron chi connectivity index (χ0n) is 16.1. The summed E-state index contributed by atoms with van der Waals surface area (Å²) in [6, 6.07) is 18.0. The van der Waals surface area contributed by atoms with E-state index < -0.39 is 0 Å². The summed E-state index contributed by atoms with van der Waals surface area (Å²) in [5.41, 5.74) is 3.90. The predicted octanol–water partition coefficient (Wildman–Crippen LogP) is 4.43. The number of carbonyl (C=O) groups excluding carboxylic acids is 1. The number of para-hydroxylation sites is 3. The molecule has 144 valence electrons. The summed E-state index contributed by atoms with van der Waals surface area (Å²) < 4.78 is 1.80.